The van der Waals surface area contributed by atoms with Crippen molar-refractivity contribution in [2.24, 2.45) is 0 Å². The molecule has 0 spiro atoms. The average Bonchev–Trinajstić information content (AvgIpc) is 3.35. The van der Waals surface area contributed by atoms with Crippen molar-refractivity contribution >= 4 is 23.6 Å². The van der Waals surface area contributed by atoms with Crippen LogP contribution in [0.25, 0.3) is 0 Å². The summed E-state index contributed by atoms with van der Waals surface area (Å²) in [6, 6.07) is -0.600. The van der Waals surface area contributed by atoms with E-state index in [9.17, 15) is 19.2 Å². The van der Waals surface area contributed by atoms with Gasteiger partial charge in [0, 0.05) is 58.7 Å². The lowest BCUT2D eigenvalue weighted by molar-refractivity contribution is -0.129. The number of hydrogen-bond acceptors (Lipinski definition) is 11. The lowest BCUT2D eigenvalue weighted by atomic mass is 10.0. The van der Waals surface area contributed by atoms with Crippen molar-refractivity contribution in [3.05, 3.63) is 0 Å². The third-order valence-corrected chi connectivity index (χ3v) is 12.0. The molecular formula is C55H108N4O11. The van der Waals surface area contributed by atoms with Crippen LogP contribution in [0.3, 0.4) is 0 Å². The molecule has 70 heavy (non-hydrogen) atoms. The van der Waals surface area contributed by atoms with Crippen molar-refractivity contribution in [1.29, 1.82) is 0 Å². The normalized spacial score (nSPS) is 11.8. The van der Waals surface area contributed by atoms with Gasteiger partial charge in [0.25, 0.3) is 0 Å². The molecule has 0 aliphatic carbocycles. The Morgan fingerprint density at radius 3 is 1.10 bits per heavy atom. The van der Waals surface area contributed by atoms with E-state index in [1.54, 1.807) is 0 Å². The van der Waals surface area contributed by atoms with Gasteiger partial charge >= 0.3 is 0 Å². The zero-order chi connectivity index (χ0) is 50.9. The predicted octanol–water partition coefficient (Wildman–Crippen LogP) is 9.70. The van der Waals surface area contributed by atoms with Crippen molar-refractivity contribution < 1.29 is 52.3 Å². The molecule has 0 radical (unpaired) electrons. The Bertz CT molecular complexity index is 1140. The first-order valence-electron chi connectivity index (χ1n) is 28.6. The van der Waals surface area contributed by atoms with Crippen LogP contribution < -0.4 is 21.3 Å². The molecule has 4 N–H and O–H groups in total. The minimum absolute atomic E-state index is 0.0541. The van der Waals surface area contributed by atoms with Crippen molar-refractivity contribution in [3.63, 3.8) is 0 Å². The summed E-state index contributed by atoms with van der Waals surface area (Å²) in [5.74, 6) is -0.199. The van der Waals surface area contributed by atoms with Gasteiger partial charge in [0.05, 0.1) is 72.7 Å². The Morgan fingerprint density at radius 2 is 0.657 bits per heavy atom. The van der Waals surface area contributed by atoms with Gasteiger partial charge in [-0.25, -0.2) is 0 Å². The maximum Gasteiger partial charge on any atom is 0.242 e. The Morgan fingerprint density at radius 1 is 0.314 bits per heavy atom. The second kappa shape index (κ2) is 57.5. The van der Waals surface area contributed by atoms with Crippen LogP contribution in [0.15, 0.2) is 0 Å². The highest BCUT2D eigenvalue weighted by Crippen LogP contribution is 2.14. The number of ether oxygens (including phenoxy) is 7. The zero-order valence-electron chi connectivity index (χ0n) is 45.3. The molecule has 414 valence electrons. The SMILES string of the molecule is CCCCCCCCCCCCCC(=O)NCCCC[C@@H](NC(=O)CCCCCCCCCCCCC)C(=O)NCCCOCCOCCOCCCNC(=O)CCOCCOCCOCCOCC. The molecule has 1 atom stereocenters. The van der Waals surface area contributed by atoms with E-state index in [4.69, 9.17) is 33.2 Å². The van der Waals surface area contributed by atoms with Crippen LogP contribution in [-0.2, 0) is 52.3 Å². The summed E-state index contributed by atoms with van der Waals surface area (Å²) in [5, 5.41) is 11.9. The van der Waals surface area contributed by atoms with E-state index >= 15 is 0 Å². The molecule has 15 heteroatoms. The van der Waals surface area contributed by atoms with Crippen LogP contribution in [0.5, 0.6) is 0 Å². The Hall–Kier alpha value is -2.40. The average molecular weight is 1000 g/mol. The summed E-state index contributed by atoms with van der Waals surface area (Å²) in [6.07, 6.45) is 32.0. The molecule has 0 aromatic rings. The Labute approximate surface area is 427 Å². The van der Waals surface area contributed by atoms with Crippen LogP contribution in [0, 0.1) is 0 Å². The minimum Gasteiger partial charge on any atom is -0.379 e. The van der Waals surface area contributed by atoms with Gasteiger partial charge in [0.1, 0.15) is 6.04 Å². The number of carbonyl (C=O) groups excluding carboxylic acids is 4. The van der Waals surface area contributed by atoms with Crippen LogP contribution in [0.1, 0.15) is 213 Å². The molecule has 0 unspecified atom stereocenters. The number of carbonyl (C=O) groups is 4. The predicted molar refractivity (Wildman–Crippen MR) is 282 cm³/mol. The third kappa shape index (κ3) is 53.4. The van der Waals surface area contributed by atoms with Gasteiger partial charge in [-0.2, -0.15) is 0 Å². The lowest BCUT2D eigenvalue weighted by Crippen LogP contribution is -2.47. The van der Waals surface area contributed by atoms with E-state index in [1.807, 2.05) is 6.92 Å². The molecule has 0 aliphatic rings. The molecule has 0 aliphatic heterocycles. The van der Waals surface area contributed by atoms with Gasteiger partial charge in [-0.3, -0.25) is 19.2 Å². The largest absolute Gasteiger partial charge is 0.379 e. The van der Waals surface area contributed by atoms with Gasteiger partial charge in [0.15, 0.2) is 0 Å². The number of amides is 4. The van der Waals surface area contributed by atoms with E-state index < -0.39 is 6.04 Å². The van der Waals surface area contributed by atoms with Gasteiger partial charge < -0.3 is 54.4 Å². The third-order valence-electron chi connectivity index (χ3n) is 12.0. The van der Waals surface area contributed by atoms with E-state index in [1.165, 1.54) is 109 Å². The van der Waals surface area contributed by atoms with Gasteiger partial charge in [-0.05, 0) is 51.9 Å². The number of unbranched alkanes of at least 4 members (excludes halogenated alkanes) is 21. The van der Waals surface area contributed by atoms with Crippen molar-refractivity contribution in [3.8, 4) is 0 Å². The van der Waals surface area contributed by atoms with E-state index in [-0.39, 0.29) is 23.6 Å². The van der Waals surface area contributed by atoms with Gasteiger partial charge in [-0.1, -0.05) is 142 Å². The van der Waals surface area contributed by atoms with Crippen molar-refractivity contribution in [2.75, 3.05) is 112 Å². The molecule has 0 rings (SSSR count). The highest BCUT2D eigenvalue weighted by molar-refractivity contribution is 5.87. The number of hydrogen-bond donors (Lipinski definition) is 4. The molecule has 0 saturated heterocycles. The van der Waals surface area contributed by atoms with Crippen LogP contribution in [-0.4, -0.2) is 142 Å². The van der Waals surface area contributed by atoms with E-state index in [0.29, 0.717) is 151 Å². The standard InChI is InChI=1S/C55H108N4O11/c1-4-7-9-11-13-15-17-19-21-23-25-32-52(60)56-35-28-27-31-51(59-54(62)33-26-24-22-20-18-16-14-12-10-8-5-2)55(63)58-37-30-39-66-44-47-69-46-43-65-38-29-36-57-53(61)34-40-67-45-48-70-50-49-68-42-41-64-6-3/h51H,4-50H2,1-3H3,(H,56,60)(H,57,61)(H,58,63)(H,59,62)/t51-/m1/s1. The minimum atomic E-state index is -0.600. The topological polar surface area (TPSA) is 181 Å². The molecule has 0 saturated carbocycles. The summed E-state index contributed by atoms with van der Waals surface area (Å²) >= 11 is 0. The molecule has 0 fully saturated rings. The highest BCUT2D eigenvalue weighted by atomic mass is 16.6. The molecule has 0 bridgehead atoms. The fraction of sp³-hybridized carbons (Fsp3) is 0.927. The molecule has 0 aromatic heterocycles. The number of rotatable bonds is 58. The Balaban J connectivity index is 4.14. The van der Waals surface area contributed by atoms with E-state index in [0.717, 1.165) is 44.9 Å². The maximum absolute atomic E-state index is 13.3. The molecular weight excluding hydrogens is 893 g/mol. The summed E-state index contributed by atoms with van der Waals surface area (Å²) < 4.78 is 38.4. The van der Waals surface area contributed by atoms with Crippen LogP contribution >= 0.6 is 0 Å². The zero-order valence-corrected chi connectivity index (χ0v) is 45.3. The first kappa shape index (κ1) is 67.6. The summed E-state index contributed by atoms with van der Waals surface area (Å²) in [6.45, 7) is 14.9. The van der Waals surface area contributed by atoms with Crippen molar-refractivity contribution in [1.82, 2.24) is 21.3 Å². The first-order chi connectivity index (χ1) is 34.4. The summed E-state index contributed by atoms with van der Waals surface area (Å²) in [4.78, 5) is 50.6. The lowest BCUT2D eigenvalue weighted by Gasteiger charge is -2.19. The molecule has 0 heterocycles. The second-order valence-corrected chi connectivity index (χ2v) is 18.5. The highest BCUT2D eigenvalue weighted by Gasteiger charge is 2.20. The van der Waals surface area contributed by atoms with Crippen LogP contribution in [0.4, 0.5) is 0 Å². The molecule has 15 nitrogen and oxygen atoms in total. The maximum atomic E-state index is 13.3. The van der Waals surface area contributed by atoms with Crippen LogP contribution in [0.2, 0.25) is 0 Å². The summed E-state index contributed by atoms with van der Waals surface area (Å²) in [5.41, 5.74) is 0. The molecule has 0 aromatic carbocycles. The second-order valence-electron chi connectivity index (χ2n) is 18.5. The first-order valence-corrected chi connectivity index (χ1v) is 28.6. The fourth-order valence-corrected chi connectivity index (χ4v) is 7.73. The monoisotopic (exact) mass is 1000 g/mol. The Kier molecular flexibility index (Phi) is 55.5. The van der Waals surface area contributed by atoms with E-state index in [2.05, 4.69) is 35.1 Å². The van der Waals surface area contributed by atoms with Crippen molar-refractivity contribution in [2.45, 2.75) is 219 Å². The molecule has 4 amide bonds. The quantitative estimate of drug-likeness (QED) is 0.0426. The number of nitrogens with one attached hydrogen (secondary N) is 4. The smallest absolute Gasteiger partial charge is 0.242 e. The van der Waals surface area contributed by atoms with Gasteiger partial charge in [0.2, 0.25) is 23.6 Å². The van der Waals surface area contributed by atoms with Gasteiger partial charge in [-0.15, -0.1) is 0 Å². The fourth-order valence-electron chi connectivity index (χ4n) is 7.73. The summed E-state index contributed by atoms with van der Waals surface area (Å²) in [7, 11) is 0.